The van der Waals surface area contributed by atoms with Gasteiger partial charge in [-0.25, -0.2) is 9.97 Å². The number of aromatic amines is 1. The van der Waals surface area contributed by atoms with E-state index in [-0.39, 0.29) is 11.6 Å². The van der Waals surface area contributed by atoms with E-state index in [1.165, 1.54) is 0 Å². The highest BCUT2D eigenvalue weighted by molar-refractivity contribution is 7.09. The monoisotopic (exact) mass is 306 g/mol. The van der Waals surface area contributed by atoms with Crippen LogP contribution in [0.25, 0.3) is 0 Å². The molecular weight excluding hydrogens is 288 g/mol. The zero-order valence-corrected chi connectivity index (χ0v) is 12.9. The lowest BCUT2D eigenvalue weighted by Gasteiger charge is -2.34. The molecule has 7 heteroatoms. The Balaban J connectivity index is 1.85. The average Bonchev–Trinajstić information content (AvgIpc) is 2.83. The van der Waals surface area contributed by atoms with Crippen molar-refractivity contribution >= 4 is 11.3 Å². The van der Waals surface area contributed by atoms with E-state index < -0.39 is 0 Å². The summed E-state index contributed by atoms with van der Waals surface area (Å²) in [6, 6.07) is 1.56. The molecule has 0 radical (unpaired) electrons. The first-order valence-corrected chi connectivity index (χ1v) is 7.80. The van der Waals surface area contributed by atoms with Gasteiger partial charge >= 0.3 is 0 Å². The first kappa shape index (κ1) is 14.4. The molecule has 2 aromatic heterocycles. The third-order valence-electron chi connectivity index (χ3n) is 3.49. The summed E-state index contributed by atoms with van der Waals surface area (Å²) >= 11 is 1.66. The molecule has 3 rings (SSSR count). The number of aryl methyl sites for hydroxylation is 2. The minimum Gasteiger partial charge on any atom is -0.378 e. The number of thiazole rings is 1. The van der Waals surface area contributed by atoms with Crippen LogP contribution < -0.4 is 5.56 Å². The zero-order valence-electron chi connectivity index (χ0n) is 12.1. The number of nitrogens with one attached hydrogen (secondary N) is 1. The topological polar surface area (TPSA) is 71.1 Å². The molecule has 0 aliphatic carbocycles. The van der Waals surface area contributed by atoms with E-state index >= 15 is 0 Å². The van der Waals surface area contributed by atoms with E-state index in [9.17, 15) is 4.79 Å². The van der Waals surface area contributed by atoms with Gasteiger partial charge in [0.15, 0.2) is 0 Å². The second-order valence-corrected chi connectivity index (χ2v) is 6.24. The second-order valence-electron chi connectivity index (χ2n) is 5.17. The second kappa shape index (κ2) is 6.05. The Bertz CT molecular complexity index is 682. The van der Waals surface area contributed by atoms with Gasteiger partial charge in [0.05, 0.1) is 35.7 Å². The Kier molecular flexibility index (Phi) is 4.14. The van der Waals surface area contributed by atoms with E-state index in [4.69, 9.17) is 4.74 Å². The number of morpholine rings is 1. The number of aromatic nitrogens is 3. The number of hydrogen-bond donors (Lipinski definition) is 1. The molecule has 0 bridgehead atoms. The molecule has 0 spiro atoms. The van der Waals surface area contributed by atoms with Gasteiger partial charge in [-0.3, -0.25) is 9.69 Å². The van der Waals surface area contributed by atoms with Gasteiger partial charge in [0, 0.05) is 24.5 Å². The van der Waals surface area contributed by atoms with E-state index in [2.05, 4.69) is 25.2 Å². The number of H-pyrrole nitrogens is 1. The Morgan fingerprint density at radius 3 is 3.05 bits per heavy atom. The van der Waals surface area contributed by atoms with Crippen LogP contribution in [0, 0.1) is 13.8 Å². The summed E-state index contributed by atoms with van der Waals surface area (Å²) in [5.74, 6) is 0.632. The Morgan fingerprint density at radius 2 is 2.33 bits per heavy atom. The van der Waals surface area contributed by atoms with Gasteiger partial charge in [-0.05, 0) is 13.8 Å². The van der Waals surface area contributed by atoms with Gasteiger partial charge in [-0.15, -0.1) is 11.3 Å². The van der Waals surface area contributed by atoms with E-state index in [0.717, 1.165) is 29.5 Å². The van der Waals surface area contributed by atoms with Crippen molar-refractivity contribution in [1.29, 1.82) is 0 Å². The first-order chi connectivity index (χ1) is 10.1. The lowest BCUT2D eigenvalue weighted by molar-refractivity contribution is -0.0148. The summed E-state index contributed by atoms with van der Waals surface area (Å²) in [5, 5.41) is 3.15. The van der Waals surface area contributed by atoms with E-state index in [1.54, 1.807) is 24.3 Å². The van der Waals surface area contributed by atoms with Crippen molar-refractivity contribution in [2.75, 3.05) is 19.8 Å². The molecule has 0 saturated carbocycles. The van der Waals surface area contributed by atoms with Crippen molar-refractivity contribution in [2.45, 2.75) is 26.4 Å². The van der Waals surface area contributed by atoms with Gasteiger partial charge in [-0.1, -0.05) is 0 Å². The standard InChI is InChI=1S/C14H18N4O2S/c1-9-15-12(5-14(19)16-9)13-7-20-4-3-18(13)6-11-8-21-10(2)17-11/h5,8,13H,3-4,6-7H2,1-2H3,(H,15,16,19)/t13-/m1/s1. The minimum absolute atomic E-state index is 0.00163. The molecule has 1 N–H and O–H groups in total. The fourth-order valence-corrected chi connectivity index (χ4v) is 3.17. The molecule has 1 aliphatic rings. The lowest BCUT2D eigenvalue weighted by Crippen LogP contribution is -2.40. The largest absolute Gasteiger partial charge is 0.378 e. The van der Waals surface area contributed by atoms with Crippen molar-refractivity contribution in [1.82, 2.24) is 19.9 Å². The van der Waals surface area contributed by atoms with Crippen molar-refractivity contribution < 1.29 is 4.74 Å². The lowest BCUT2D eigenvalue weighted by atomic mass is 10.1. The summed E-state index contributed by atoms with van der Waals surface area (Å²) in [4.78, 5) is 25.6. The van der Waals surface area contributed by atoms with Crippen LogP contribution in [0.4, 0.5) is 0 Å². The summed E-state index contributed by atoms with van der Waals surface area (Å²) in [6.07, 6.45) is 0. The third-order valence-corrected chi connectivity index (χ3v) is 4.31. The molecule has 0 amide bonds. The van der Waals surface area contributed by atoms with Crippen LogP contribution in [-0.4, -0.2) is 39.6 Å². The predicted octanol–water partition coefficient (Wildman–Crippen LogP) is 1.42. The molecule has 0 aromatic carbocycles. The summed E-state index contributed by atoms with van der Waals surface area (Å²) in [6.45, 7) is 6.62. The zero-order chi connectivity index (χ0) is 14.8. The molecule has 6 nitrogen and oxygen atoms in total. The van der Waals surface area contributed by atoms with E-state index in [1.807, 2.05) is 6.92 Å². The van der Waals surface area contributed by atoms with Gasteiger partial charge in [-0.2, -0.15) is 0 Å². The molecule has 1 fully saturated rings. The highest BCUT2D eigenvalue weighted by atomic mass is 32.1. The quantitative estimate of drug-likeness (QED) is 0.928. The van der Waals surface area contributed by atoms with Crippen LogP contribution >= 0.6 is 11.3 Å². The van der Waals surface area contributed by atoms with Crippen LogP contribution in [0.3, 0.4) is 0 Å². The predicted molar refractivity (Wildman–Crippen MR) is 80.4 cm³/mol. The Hall–Kier alpha value is -1.57. The third kappa shape index (κ3) is 3.37. The van der Waals surface area contributed by atoms with Crippen LogP contribution in [0.15, 0.2) is 16.2 Å². The summed E-state index contributed by atoms with van der Waals surface area (Å²) in [5.41, 5.74) is 1.71. The first-order valence-electron chi connectivity index (χ1n) is 6.92. The maximum absolute atomic E-state index is 11.7. The van der Waals surface area contributed by atoms with Gasteiger partial charge in [0.1, 0.15) is 5.82 Å². The average molecular weight is 306 g/mol. The number of hydrogen-bond acceptors (Lipinski definition) is 6. The molecule has 1 aliphatic heterocycles. The van der Waals surface area contributed by atoms with E-state index in [0.29, 0.717) is 19.0 Å². The minimum atomic E-state index is -0.118. The molecule has 0 unspecified atom stereocenters. The SMILES string of the molecule is Cc1nc([C@H]2COCCN2Cc2csc(C)n2)cc(=O)[nH]1. The summed E-state index contributed by atoms with van der Waals surface area (Å²) in [7, 11) is 0. The van der Waals surface area contributed by atoms with Crippen LogP contribution in [0.5, 0.6) is 0 Å². The molecule has 112 valence electrons. The fourth-order valence-electron chi connectivity index (χ4n) is 2.56. The van der Waals surface area contributed by atoms with Gasteiger partial charge in [0.25, 0.3) is 5.56 Å². The van der Waals surface area contributed by atoms with Crippen LogP contribution in [0.1, 0.15) is 28.3 Å². The molecule has 3 heterocycles. The van der Waals surface area contributed by atoms with Crippen LogP contribution in [-0.2, 0) is 11.3 Å². The Morgan fingerprint density at radius 1 is 1.48 bits per heavy atom. The van der Waals surface area contributed by atoms with Gasteiger partial charge < -0.3 is 9.72 Å². The number of rotatable bonds is 3. The normalized spacial score (nSPS) is 19.8. The molecule has 1 atom stereocenters. The maximum atomic E-state index is 11.7. The van der Waals surface area contributed by atoms with Crippen molar-refractivity contribution in [3.05, 3.63) is 44.0 Å². The van der Waals surface area contributed by atoms with Crippen molar-refractivity contribution in [2.24, 2.45) is 0 Å². The maximum Gasteiger partial charge on any atom is 0.251 e. The molecule has 2 aromatic rings. The molecule has 21 heavy (non-hydrogen) atoms. The molecule has 1 saturated heterocycles. The number of ether oxygens (including phenoxy) is 1. The summed E-state index contributed by atoms with van der Waals surface area (Å²) < 4.78 is 5.58. The van der Waals surface area contributed by atoms with Crippen LogP contribution in [0.2, 0.25) is 0 Å². The van der Waals surface area contributed by atoms with Crippen molar-refractivity contribution in [3.63, 3.8) is 0 Å². The van der Waals surface area contributed by atoms with Gasteiger partial charge in [0.2, 0.25) is 0 Å². The fraction of sp³-hybridized carbons (Fsp3) is 0.500. The smallest absolute Gasteiger partial charge is 0.251 e. The Labute approximate surface area is 126 Å². The molecular formula is C14H18N4O2S. The highest BCUT2D eigenvalue weighted by Crippen LogP contribution is 2.24. The van der Waals surface area contributed by atoms with Crippen molar-refractivity contribution in [3.8, 4) is 0 Å². The highest BCUT2D eigenvalue weighted by Gasteiger charge is 2.26. The number of nitrogens with zero attached hydrogens (tertiary/aromatic N) is 3.